The second kappa shape index (κ2) is 10.0. The molecule has 0 aliphatic heterocycles. The summed E-state index contributed by atoms with van der Waals surface area (Å²) in [6, 6.07) is 0. The molecule has 79 valence electrons. The molecule has 1 atom stereocenters. The van der Waals surface area contributed by atoms with Gasteiger partial charge in [0.15, 0.2) is 0 Å². The molecule has 1 heteroatoms. The van der Waals surface area contributed by atoms with Gasteiger partial charge >= 0.3 is 0 Å². The summed E-state index contributed by atoms with van der Waals surface area (Å²) in [7, 11) is 0. The lowest BCUT2D eigenvalue weighted by atomic mass is 10.1. The molecule has 0 fully saturated rings. The van der Waals surface area contributed by atoms with Crippen LogP contribution in [0.15, 0.2) is 0 Å². The van der Waals surface area contributed by atoms with Crippen LogP contribution in [0.3, 0.4) is 0 Å². The molecular weight excluding hydrogens is 160 g/mol. The van der Waals surface area contributed by atoms with E-state index in [4.69, 9.17) is 4.74 Å². The van der Waals surface area contributed by atoms with Gasteiger partial charge in [0.05, 0.1) is 6.10 Å². The zero-order chi connectivity index (χ0) is 9.94. The van der Waals surface area contributed by atoms with E-state index in [-0.39, 0.29) is 0 Å². The van der Waals surface area contributed by atoms with Crippen LogP contribution in [-0.2, 0) is 4.74 Å². The van der Waals surface area contributed by atoms with E-state index in [1.807, 2.05) is 0 Å². The van der Waals surface area contributed by atoms with Gasteiger partial charge in [0.1, 0.15) is 0 Å². The molecule has 0 aliphatic carbocycles. The van der Waals surface area contributed by atoms with Gasteiger partial charge in [-0.15, -0.1) is 0 Å². The Bertz CT molecular complexity index is 91.1. The van der Waals surface area contributed by atoms with Crippen molar-refractivity contribution in [2.45, 2.75) is 64.9 Å². The van der Waals surface area contributed by atoms with Crippen LogP contribution in [0.1, 0.15) is 58.8 Å². The fraction of sp³-hybridized carbons (Fsp3) is 0.917. The minimum Gasteiger partial charge on any atom is -0.378 e. The van der Waals surface area contributed by atoms with E-state index in [1.165, 1.54) is 44.9 Å². The lowest BCUT2D eigenvalue weighted by Gasteiger charge is -2.16. The molecule has 1 nitrogen and oxygen atoms in total. The van der Waals surface area contributed by atoms with Gasteiger partial charge in [-0.25, -0.2) is 0 Å². The number of unbranched alkanes of at least 4 members (excludes halogenated alkanes) is 3. The minimum atomic E-state index is 0.476. The smallest absolute Gasteiger partial charge is 0.0575 e. The largest absolute Gasteiger partial charge is 0.378 e. The van der Waals surface area contributed by atoms with E-state index >= 15 is 0 Å². The third-order valence-corrected chi connectivity index (χ3v) is 2.36. The molecule has 0 aromatic carbocycles. The van der Waals surface area contributed by atoms with Crippen molar-refractivity contribution in [2.24, 2.45) is 0 Å². The standard InChI is InChI=1S/C12H25O/c1-4-7-9-11-12(13-6-3)10-8-5-2/h12H,3-11H2,1-2H3. The van der Waals surface area contributed by atoms with E-state index in [0.29, 0.717) is 12.7 Å². The third-order valence-electron chi connectivity index (χ3n) is 2.36. The highest BCUT2D eigenvalue weighted by atomic mass is 16.5. The normalized spacial score (nSPS) is 13.2. The number of hydrogen-bond acceptors (Lipinski definition) is 1. The molecule has 0 saturated carbocycles. The SMILES string of the molecule is [CH2]COC(CCCC)CCCCC. The van der Waals surface area contributed by atoms with Crippen molar-refractivity contribution in [1.82, 2.24) is 0 Å². The molecule has 1 radical (unpaired) electrons. The second-order valence-electron chi connectivity index (χ2n) is 3.63. The minimum absolute atomic E-state index is 0.476. The van der Waals surface area contributed by atoms with E-state index in [1.54, 1.807) is 0 Å². The van der Waals surface area contributed by atoms with E-state index in [9.17, 15) is 0 Å². The molecule has 0 spiro atoms. The van der Waals surface area contributed by atoms with Gasteiger partial charge in [-0.3, -0.25) is 0 Å². The zero-order valence-electron chi connectivity index (χ0n) is 9.35. The van der Waals surface area contributed by atoms with Crippen LogP contribution in [0, 0.1) is 6.92 Å². The molecule has 13 heavy (non-hydrogen) atoms. The maximum absolute atomic E-state index is 5.58. The van der Waals surface area contributed by atoms with E-state index < -0.39 is 0 Å². The van der Waals surface area contributed by atoms with Gasteiger partial charge in [0.25, 0.3) is 0 Å². The van der Waals surface area contributed by atoms with Gasteiger partial charge in [-0.1, -0.05) is 46.0 Å². The number of rotatable bonds is 9. The molecule has 0 heterocycles. The monoisotopic (exact) mass is 185 g/mol. The van der Waals surface area contributed by atoms with Gasteiger partial charge < -0.3 is 4.74 Å². The quantitative estimate of drug-likeness (QED) is 0.494. The zero-order valence-corrected chi connectivity index (χ0v) is 9.35. The average Bonchev–Trinajstić information content (AvgIpc) is 2.14. The van der Waals surface area contributed by atoms with Crippen molar-refractivity contribution in [3.8, 4) is 0 Å². The third kappa shape index (κ3) is 8.29. The second-order valence-corrected chi connectivity index (χ2v) is 3.63. The lowest BCUT2D eigenvalue weighted by Crippen LogP contribution is -2.12. The van der Waals surface area contributed by atoms with E-state index in [2.05, 4.69) is 20.8 Å². The summed E-state index contributed by atoms with van der Waals surface area (Å²) >= 11 is 0. The molecule has 0 saturated heterocycles. The van der Waals surface area contributed by atoms with Crippen LogP contribution in [0.5, 0.6) is 0 Å². The van der Waals surface area contributed by atoms with Gasteiger partial charge in [0, 0.05) is 6.61 Å². The Morgan fingerprint density at radius 2 is 1.62 bits per heavy atom. The average molecular weight is 185 g/mol. The van der Waals surface area contributed by atoms with Gasteiger partial charge in [-0.2, -0.15) is 0 Å². The molecule has 0 N–H and O–H groups in total. The van der Waals surface area contributed by atoms with Crippen molar-refractivity contribution in [2.75, 3.05) is 6.61 Å². The fourth-order valence-electron chi connectivity index (χ4n) is 1.53. The predicted molar refractivity (Wildman–Crippen MR) is 58.8 cm³/mol. The highest BCUT2D eigenvalue weighted by Gasteiger charge is 2.06. The Morgan fingerprint density at radius 3 is 2.15 bits per heavy atom. The molecule has 0 aromatic heterocycles. The first kappa shape index (κ1) is 13.0. The van der Waals surface area contributed by atoms with Crippen molar-refractivity contribution in [1.29, 1.82) is 0 Å². The Morgan fingerprint density at radius 1 is 1.00 bits per heavy atom. The Balaban J connectivity index is 3.41. The molecule has 0 amide bonds. The summed E-state index contributed by atoms with van der Waals surface area (Å²) in [4.78, 5) is 0. The van der Waals surface area contributed by atoms with Crippen molar-refractivity contribution >= 4 is 0 Å². The summed E-state index contributed by atoms with van der Waals surface area (Å²) in [5.41, 5.74) is 0. The summed E-state index contributed by atoms with van der Waals surface area (Å²) in [6.07, 6.45) is 9.42. The summed E-state index contributed by atoms with van der Waals surface area (Å²) in [5, 5.41) is 0. The van der Waals surface area contributed by atoms with Crippen LogP contribution < -0.4 is 0 Å². The summed E-state index contributed by atoms with van der Waals surface area (Å²) < 4.78 is 5.58. The van der Waals surface area contributed by atoms with Crippen LogP contribution >= 0.6 is 0 Å². The van der Waals surface area contributed by atoms with Crippen molar-refractivity contribution < 1.29 is 4.74 Å². The molecule has 0 aromatic rings. The topological polar surface area (TPSA) is 9.23 Å². The van der Waals surface area contributed by atoms with Gasteiger partial charge in [-0.05, 0) is 19.8 Å². The first-order valence-electron chi connectivity index (χ1n) is 5.76. The molecular formula is C12H25O. The van der Waals surface area contributed by atoms with Crippen LogP contribution in [-0.4, -0.2) is 12.7 Å². The van der Waals surface area contributed by atoms with Crippen LogP contribution in [0.2, 0.25) is 0 Å². The molecule has 0 rings (SSSR count). The highest BCUT2D eigenvalue weighted by Crippen LogP contribution is 2.12. The fourth-order valence-corrected chi connectivity index (χ4v) is 1.53. The first-order chi connectivity index (χ1) is 6.35. The Kier molecular flexibility index (Phi) is 10.0. The summed E-state index contributed by atoms with van der Waals surface area (Å²) in [5.74, 6) is 0. The van der Waals surface area contributed by atoms with Crippen LogP contribution in [0.4, 0.5) is 0 Å². The van der Waals surface area contributed by atoms with Crippen LogP contribution in [0.25, 0.3) is 0 Å². The molecule has 0 bridgehead atoms. The molecule has 0 aliphatic rings. The maximum atomic E-state index is 5.58. The highest BCUT2D eigenvalue weighted by molar-refractivity contribution is 4.59. The number of hydrogen-bond donors (Lipinski definition) is 0. The van der Waals surface area contributed by atoms with Crippen molar-refractivity contribution in [3.63, 3.8) is 0 Å². The Hall–Kier alpha value is -0.0400. The Labute approximate surface area is 83.9 Å². The number of ether oxygens (including phenoxy) is 1. The van der Waals surface area contributed by atoms with E-state index in [0.717, 1.165) is 0 Å². The first-order valence-corrected chi connectivity index (χ1v) is 5.76. The molecule has 1 unspecified atom stereocenters. The predicted octanol–water partition coefficient (Wildman–Crippen LogP) is 3.98. The van der Waals surface area contributed by atoms with Gasteiger partial charge in [0.2, 0.25) is 0 Å². The summed E-state index contributed by atoms with van der Waals surface area (Å²) in [6.45, 7) is 8.83. The maximum Gasteiger partial charge on any atom is 0.0575 e. The lowest BCUT2D eigenvalue weighted by molar-refractivity contribution is 0.0568. The van der Waals surface area contributed by atoms with Crippen molar-refractivity contribution in [3.05, 3.63) is 6.92 Å².